The second-order valence-corrected chi connectivity index (χ2v) is 5.12. The van der Waals surface area contributed by atoms with Crippen LogP contribution in [0.5, 0.6) is 0 Å². The number of aliphatic carboxylic acids is 1. The van der Waals surface area contributed by atoms with Crippen LogP contribution in [-0.2, 0) is 4.79 Å². The smallest absolute Gasteiger partial charge is 0.304 e. The molecule has 0 saturated carbocycles. The largest absolute Gasteiger partial charge is 0.481 e. The SMILES string of the molecule is CC(C)CN(CCC(=O)O)C(C)c1ccccc1. The van der Waals surface area contributed by atoms with Gasteiger partial charge in [-0.2, -0.15) is 0 Å². The maximum absolute atomic E-state index is 10.7. The first kappa shape index (κ1) is 14.7. The maximum atomic E-state index is 10.7. The minimum absolute atomic E-state index is 0.198. The molecule has 0 heterocycles. The van der Waals surface area contributed by atoms with Crippen LogP contribution < -0.4 is 0 Å². The molecule has 0 aromatic heterocycles. The van der Waals surface area contributed by atoms with Crippen LogP contribution in [0.2, 0.25) is 0 Å². The zero-order valence-corrected chi connectivity index (χ0v) is 11.5. The molecule has 100 valence electrons. The summed E-state index contributed by atoms with van der Waals surface area (Å²) in [5, 5.41) is 8.82. The molecule has 1 unspecified atom stereocenters. The Morgan fingerprint density at radius 3 is 2.33 bits per heavy atom. The van der Waals surface area contributed by atoms with Crippen LogP contribution in [0.25, 0.3) is 0 Å². The van der Waals surface area contributed by atoms with E-state index in [1.165, 1.54) is 5.56 Å². The standard InChI is InChI=1S/C15H23NO2/c1-12(2)11-16(10-9-15(17)18)13(3)14-7-5-4-6-8-14/h4-8,12-13H,9-11H2,1-3H3,(H,17,18). The highest BCUT2D eigenvalue weighted by molar-refractivity contribution is 5.66. The molecular formula is C15H23NO2. The summed E-state index contributed by atoms with van der Waals surface area (Å²) in [6.07, 6.45) is 0.198. The molecule has 1 atom stereocenters. The van der Waals surface area contributed by atoms with Crippen LogP contribution in [0.4, 0.5) is 0 Å². The van der Waals surface area contributed by atoms with Crippen molar-refractivity contribution in [3.05, 3.63) is 35.9 Å². The van der Waals surface area contributed by atoms with E-state index >= 15 is 0 Å². The Morgan fingerprint density at radius 2 is 1.83 bits per heavy atom. The van der Waals surface area contributed by atoms with Gasteiger partial charge in [-0.25, -0.2) is 0 Å². The van der Waals surface area contributed by atoms with E-state index in [9.17, 15) is 4.79 Å². The fourth-order valence-corrected chi connectivity index (χ4v) is 2.09. The van der Waals surface area contributed by atoms with Gasteiger partial charge in [-0.05, 0) is 18.4 Å². The zero-order chi connectivity index (χ0) is 13.5. The summed E-state index contributed by atoms with van der Waals surface area (Å²) in [5.74, 6) is -0.200. The number of rotatable bonds is 7. The van der Waals surface area contributed by atoms with Crippen LogP contribution in [0.3, 0.4) is 0 Å². The van der Waals surface area contributed by atoms with Crippen molar-refractivity contribution in [2.75, 3.05) is 13.1 Å². The van der Waals surface area contributed by atoms with Crippen LogP contribution >= 0.6 is 0 Å². The van der Waals surface area contributed by atoms with Crippen LogP contribution in [0.15, 0.2) is 30.3 Å². The van der Waals surface area contributed by atoms with Crippen molar-refractivity contribution in [1.82, 2.24) is 4.90 Å². The third-order valence-corrected chi connectivity index (χ3v) is 3.04. The minimum Gasteiger partial charge on any atom is -0.481 e. The van der Waals surface area contributed by atoms with Gasteiger partial charge >= 0.3 is 5.97 Å². The monoisotopic (exact) mass is 249 g/mol. The molecule has 3 heteroatoms. The van der Waals surface area contributed by atoms with Crippen molar-refractivity contribution >= 4 is 5.97 Å². The third-order valence-electron chi connectivity index (χ3n) is 3.04. The van der Waals surface area contributed by atoms with E-state index in [2.05, 4.69) is 37.8 Å². The van der Waals surface area contributed by atoms with Crippen LogP contribution in [-0.4, -0.2) is 29.1 Å². The number of carboxylic acid groups (broad SMARTS) is 1. The average Bonchev–Trinajstić information content (AvgIpc) is 2.34. The molecule has 0 spiro atoms. The summed E-state index contributed by atoms with van der Waals surface area (Å²) in [5.41, 5.74) is 1.24. The summed E-state index contributed by atoms with van der Waals surface area (Å²) >= 11 is 0. The predicted molar refractivity (Wildman–Crippen MR) is 73.5 cm³/mol. The van der Waals surface area contributed by atoms with Gasteiger partial charge in [-0.1, -0.05) is 44.2 Å². The van der Waals surface area contributed by atoms with Gasteiger partial charge in [-0.15, -0.1) is 0 Å². The fraction of sp³-hybridized carbons (Fsp3) is 0.533. The van der Waals surface area contributed by atoms with E-state index < -0.39 is 5.97 Å². The fourth-order valence-electron chi connectivity index (χ4n) is 2.09. The van der Waals surface area contributed by atoms with Gasteiger partial charge in [0, 0.05) is 19.1 Å². The van der Waals surface area contributed by atoms with Crippen LogP contribution in [0.1, 0.15) is 38.8 Å². The van der Waals surface area contributed by atoms with Gasteiger partial charge in [0.2, 0.25) is 0 Å². The molecule has 0 radical (unpaired) electrons. The van der Waals surface area contributed by atoms with Crippen molar-refractivity contribution in [3.63, 3.8) is 0 Å². The van der Waals surface area contributed by atoms with E-state index in [-0.39, 0.29) is 12.5 Å². The molecule has 18 heavy (non-hydrogen) atoms. The molecule has 1 rings (SSSR count). The second kappa shape index (κ2) is 7.17. The van der Waals surface area contributed by atoms with Crippen molar-refractivity contribution in [2.24, 2.45) is 5.92 Å². The summed E-state index contributed by atoms with van der Waals surface area (Å²) in [6, 6.07) is 10.5. The predicted octanol–water partition coefficient (Wildman–Crippen LogP) is 3.18. The van der Waals surface area contributed by atoms with Crippen molar-refractivity contribution in [1.29, 1.82) is 0 Å². The molecule has 1 aromatic rings. The quantitative estimate of drug-likeness (QED) is 0.807. The number of hydrogen-bond donors (Lipinski definition) is 1. The normalized spacial score (nSPS) is 12.9. The topological polar surface area (TPSA) is 40.5 Å². The molecule has 0 fully saturated rings. The zero-order valence-electron chi connectivity index (χ0n) is 11.5. The van der Waals surface area contributed by atoms with Gasteiger partial charge in [0.05, 0.1) is 6.42 Å². The highest BCUT2D eigenvalue weighted by Gasteiger charge is 2.17. The molecule has 0 aliphatic carbocycles. The van der Waals surface area contributed by atoms with Gasteiger partial charge in [0.25, 0.3) is 0 Å². The molecule has 3 nitrogen and oxygen atoms in total. The van der Waals surface area contributed by atoms with E-state index in [4.69, 9.17) is 5.11 Å². The van der Waals surface area contributed by atoms with Crippen LogP contribution in [0, 0.1) is 5.92 Å². The number of nitrogens with zero attached hydrogens (tertiary/aromatic N) is 1. The van der Waals surface area contributed by atoms with E-state index in [0.29, 0.717) is 12.5 Å². The highest BCUT2D eigenvalue weighted by Crippen LogP contribution is 2.21. The summed E-state index contributed by atoms with van der Waals surface area (Å²) in [4.78, 5) is 13.0. The summed E-state index contributed by atoms with van der Waals surface area (Å²) in [6.45, 7) is 7.98. The molecule has 0 aliphatic rings. The molecule has 1 aromatic carbocycles. The Labute approximate surface area is 109 Å². The minimum atomic E-state index is -0.732. The molecule has 1 N–H and O–H groups in total. The van der Waals surface area contributed by atoms with E-state index in [1.807, 2.05) is 18.2 Å². The maximum Gasteiger partial charge on any atom is 0.304 e. The van der Waals surface area contributed by atoms with Gasteiger partial charge in [-0.3, -0.25) is 9.69 Å². The number of carboxylic acids is 1. The summed E-state index contributed by atoms with van der Waals surface area (Å²) in [7, 11) is 0. The number of benzene rings is 1. The number of carbonyl (C=O) groups is 1. The molecule has 0 bridgehead atoms. The van der Waals surface area contributed by atoms with Gasteiger partial charge in [0.15, 0.2) is 0 Å². The molecule has 0 amide bonds. The third kappa shape index (κ3) is 4.88. The lowest BCUT2D eigenvalue weighted by molar-refractivity contribution is -0.137. The molecule has 0 aliphatic heterocycles. The molecular weight excluding hydrogens is 226 g/mol. The van der Waals surface area contributed by atoms with E-state index in [1.54, 1.807) is 0 Å². The van der Waals surface area contributed by atoms with Gasteiger partial charge in [0.1, 0.15) is 0 Å². The Bertz CT molecular complexity index is 362. The summed E-state index contributed by atoms with van der Waals surface area (Å²) < 4.78 is 0. The first-order valence-electron chi connectivity index (χ1n) is 6.51. The lowest BCUT2D eigenvalue weighted by atomic mass is 10.0. The average molecular weight is 249 g/mol. The van der Waals surface area contributed by atoms with Crippen molar-refractivity contribution < 1.29 is 9.90 Å². The first-order chi connectivity index (χ1) is 8.50. The van der Waals surface area contributed by atoms with Crippen molar-refractivity contribution in [2.45, 2.75) is 33.2 Å². The Balaban J connectivity index is 2.72. The first-order valence-corrected chi connectivity index (χ1v) is 6.51. The van der Waals surface area contributed by atoms with E-state index in [0.717, 1.165) is 6.54 Å². The highest BCUT2D eigenvalue weighted by atomic mass is 16.4. The van der Waals surface area contributed by atoms with Crippen molar-refractivity contribution in [3.8, 4) is 0 Å². The second-order valence-electron chi connectivity index (χ2n) is 5.12. The lowest BCUT2D eigenvalue weighted by Gasteiger charge is -2.30. The Morgan fingerprint density at radius 1 is 1.22 bits per heavy atom. The number of hydrogen-bond acceptors (Lipinski definition) is 2. The lowest BCUT2D eigenvalue weighted by Crippen LogP contribution is -2.32. The Kier molecular flexibility index (Phi) is 5.86. The Hall–Kier alpha value is -1.35. The molecule has 0 saturated heterocycles. The van der Waals surface area contributed by atoms with Gasteiger partial charge < -0.3 is 5.11 Å².